The lowest BCUT2D eigenvalue weighted by atomic mass is 9.80. The molecule has 1 aromatic carbocycles. The second-order valence-corrected chi connectivity index (χ2v) is 6.90. The Kier molecular flexibility index (Phi) is 4.48. The number of hydrogen-bond acceptors (Lipinski definition) is 2. The smallest absolute Gasteiger partial charge is 0.319 e. The van der Waals surface area contributed by atoms with E-state index in [1.54, 1.807) is 11.3 Å². The van der Waals surface area contributed by atoms with Gasteiger partial charge in [0.1, 0.15) is 0 Å². The molecule has 1 saturated carbocycles. The number of aryl methyl sites for hydroxylation is 1. The van der Waals surface area contributed by atoms with Crippen LogP contribution in [0, 0.1) is 6.92 Å². The molecule has 1 aromatic heterocycles. The average molecular weight is 314 g/mol. The number of rotatable bonds is 4. The molecule has 22 heavy (non-hydrogen) atoms. The highest BCUT2D eigenvalue weighted by Gasteiger charge is 2.36. The van der Waals surface area contributed by atoms with E-state index in [9.17, 15) is 4.79 Å². The fraction of sp³-hybridized carbons (Fsp3) is 0.389. The van der Waals surface area contributed by atoms with Crippen molar-refractivity contribution in [1.29, 1.82) is 0 Å². The van der Waals surface area contributed by atoms with Crippen LogP contribution < -0.4 is 10.6 Å². The number of hydrogen-bond donors (Lipinski definition) is 2. The zero-order valence-corrected chi connectivity index (χ0v) is 13.7. The Balaban J connectivity index is 1.63. The molecule has 0 spiro atoms. The number of anilines is 1. The predicted octanol–water partition coefficient (Wildman–Crippen LogP) is 4.69. The van der Waals surface area contributed by atoms with Crippen LogP contribution in [0.3, 0.4) is 0 Å². The topological polar surface area (TPSA) is 41.1 Å². The summed E-state index contributed by atoms with van der Waals surface area (Å²) < 4.78 is 0. The minimum absolute atomic E-state index is 0.115. The van der Waals surface area contributed by atoms with Crippen molar-refractivity contribution in [3.05, 3.63) is 52.2 Å². The molecule has 1 aliphatic carbocycles. The van der Waals surface area contributed by atoms with Gasteiger partial charge in [0.05, 0.1) is 0 Å². The number of amides is 2. The van der Waals surface area contributed by atoms with E-state index in [4.69, 9.17) is 0 Å². The van der Waals surface area contributed by atoms with Crippen molar-refractivity contribution in [3.8, 4) is 0 Å². The van der Waals surface area contributed by atoms with Gasteiger partial charge in [0.25, 0.3) is 0 Å². The molecule has 0 radical (unpaired) electrons. The average Bonchev–Trinajstić information content (AvgIpc) is 3.19. The molecular weight excluding hydrogens is 292 g/mol. The van der Waals surface area contributed by atoms with Gasteiger partial charge in [-0.1, -0.05) is 31.0 Å². The van der Waals surface area contributed by atoms with Crippen LogP contribution in [0.5, 0.6) is 0 Å². The Morgan fingerprint density at radius 3 is 2.68 bits per heavy atom. The molecule has 4 heteroatoms. The summed E-state index contributed by atoms with van der Waals surface area (Å²) in [6.07, 6.45) is 4.82. The van der Waals surface area contributed by atoms with E-state index in [-0.39, 0.29) is 11.4 Å². The second kappa shape index (κ2) is 6.53. The lowest BCUT2D eigenvalue weighted by molar-refractivity contribution is 0.248. The highest BCUT2D eigenvalue weighted by molar-refractivity contribution is 7.08. The summed E-state index contributed by atoms with van der Waals surface area (Å²) in [5.74, 6) is 0. The van der Waals surface area contributed by atoms with Crippen molar-refractivity contribution in [2.24, 2.45) is 0 Å². The fourth-order valence-electron chi connectivity index (χ4n) is 3.31. The maximum atomic E-state index is 12.2. The van der Waals surface area contributed by atoms with Gasteiger partial charge in [0.2, 0.25) is 0 Å². The van der Waals surface area contributed by atoms with E-state index in [1.807, 2.05) is 31.2 Å². The zero-order chi connectivity index (χ0) is 15.4. The van der Waals surface area contributed by atoms with Crippen LogP contribution in [0.25, 0.3) is 0 Å². The van der Waals surface area contributed by atoms with Crippen LogP contribution >= 0.6 is 11.3 Å². The summed E-state index contributed by atoms with van der Waals surface area (Å²) in [7, 11) is 0. The van der Waals surface area contributed by atoms with E-state index < -0.39 is 0 Å². The number of para-hydroxylation sites is 1. The Morgan fingerprint density at radius 2 is 2.00 bits per heavy atom. The summed E-state index contributed by atoms with van der Waals surface area (Å²) in [4.78, 5) is 12.2. The first-order chi connectivity index (χ1) is 10.7. The molecule has 1 aliphatic rings. The third-order valence-corrected chi connectivity index (χ3v) is 5.36. The maximum absolute atomic E-state index is 12.2. The minimum Gasteiger partial charge on any atom is -0.337 e. The molecule has 2 N–H and O–H groups in total. The Labute approximate surface area is 135 Å². The van der Waals surface area contributed by atoms with Crippen molar-refractivity contribution in [2.75, 3.05) is 11.9 Å². The summed E-state index contributed by atoms with van der Waals surface area (Å²) in [6, 6.07) is 9.93. The maximum Gasteiger partial charge on any atom is 0.319 e. The highest BCUT2D eigenvalue weighted by Crippen LogP contribution is 2.41. The lowest BCUT2D eigenvalue weighted by Gasteiger charge is -2.28. The van der Waals surface area contributed by atoms with Crippen molar-refractivity contribution in [2.45, 2.75) is 38.0 Å². The molecule has 0 saturated heterocycles. The zero-order valence-electron chi connectivity index (χ0n) is 12.9. The molecule has 0 bridgehead atoms. The van der Waals surface area contributed by atoms with Crippen molar-refractivity contribution in [3.63, 3.8) is 0 Å². The molecule has 3 nitrogen and oxygen atoms in total. The van der Waals surface area contributed by atoms with Gasteiger partial charge < -0.3 is 10.6 Å². The molecule has 0 unspecified atom stereocenters. The van der Waals surface area contributed by atoms with Crippen LogP contribution in [0.4, 0.5) is 10.5 Å². The monoisotopic (exact) mass is 314 g/mol. The predicted molar refractivity (Wildman–Crippen MR) is 92.7 cm³/mol. The van der Waals surface area contributed by atoms with E-state index in [1.165, 1.54) is 18.4 Å². The quantitative estimate of drug-likeness (QED) is 0.844. The molecule has 0 atom stereocenters. The summed E-state index contributed by atoms with van der Waals surface area (Å²) >= 11 is 1.74. The molecule has 2 amide bonds. The standard InChI is InChI=1S/C18H22N2OS/c1-14-6-2-3-7-16(14)20-17(21)19-13-18(9-4-5-10-18)15-8-11-22-12-15/h2-3,6-8,11-12H,4-5,9-10,13H2,1H3,(H2,19,20,21). The second-order valence-electron chi connectivity index (χ2n) is 6.12. The summed E-state index contributed by atoms with van der Waals surface area (Å²) in [6.45, 7) is 2.71. The van der Waals surface area contributed by atoms with Gasteiger partial charge in [0.15, 0.2) is 0 Å². The number of carbonyl (C=O) groups excluding carboxylic acids is 1. The number of urea groups is 1. The first-order valence-electron chi connectivity index (χ1n) is 7.83. The van der Waals surface area contributed by atoms with Gasteiger partial charge >= 0.3 is 6.03 Å². The Hall–Kier alpha value is -1.81. The molecule has 1 heterocycles. The van der Waals surface area contributed by atoms with Gasteiger partial charge in [0, 0.05) is 17.6 Å². The normalized spacial score (nSPS) is 16.4. The largest absolute Gasteiger partial charge is 0.337 e. The van der Waals surface area contributed by atoms with E-state index >= 15 is 0 Å². The van der Waals surface area contributed by atoms with Crippen LogP contribution in [0.15, 0.2) is 41.1 Å². The number of carbonyl (C=O) groups is 1. The van der Waals surface area contributed by atoms with Gasteiger partial charge in [-0.15, -0.1) is 0 Å². The van der Waals surface area contributed by atoms with Crippen molar-refractivity contribution >= 4 is 23.1 Å². The molecule has 0 aliphatic heterocycles. The van der Waals surface area contributed by atoms with Crippen LogP contribution in [-0.2, 0) is 5.41 Å². The van der Waals surface area contributed by atoms with Crippen LogP contribution in [0.2, 0.25) is 0 Å². The molecule has 3 rings (SSSR count). The Bertz CT molecular complexity index is 630. The third kappa shape index (κ3) is 3.17. The SMILES string of the molecule is Cc1ccccc1NC(=O)NCC1(c2ccsc2)CCCC1. The molecular formula is C18H22N2OS. The number of nitrogens with one attached hydrogen (secondary N) is 2. The van der Waals surface area contributed by atoms with Gasteiger partial charge in [-0.05, 0) is 53.8 Å². The van der Waals surface area contributed by atoms with E-state index in [0.29, 0.717) is 6.54 Å². The van der Waals surface area contributed by atoms with E-state index in [2.05, 4.69) is 27.5 Å². The summed E-state index contributed by atoms with van der Waals surface area (Å²) in [5, 5.41) is 10.4. The minimum atomic E-state index is -0.115. The van der Waals surface area contributed by atoms with Gasteiger partial charge in [-0.25, -0.2) is 4.79 Å². The first kappa shape index (κ1) is 15.1. The van der Waals surface area contributed by atoms with Gasteiger partial charge in [-0.3, -0.25) is 0 Å². The lowest BCUT2D eigenvalue weighted by Crippen LogP contribution is -2.40. The first-order valence-corrected chi connectivity index (χ1v) is 8.77. The molecule has 1 fully saturated rings. The van der Waals surface area contributed by atoms with Crippen LogP contribution in [0.1, 0.15) is 36.8 Å². The molecule has 2 aromatic rings. The van der Waals surface area contributed by atoms with Crippen LogP contribution in [-0.4, -0.2) is 12.6 Å². The van der Waals surface area contributed by atoms with Crippen molar-refractivity contribution in [1.82, 2.24) is 5.32 Å². The Morgan fingerprint density at radius 1 is 1.23 bits per heavy atom. The number of benzene rings is 1. The highest BCUT2D eigenvalue weighted by atomic mass is 32.1. The van der Waals surface area contributed by atoms with E-state index in [0.717, 1.165) is 24.1 Å². The number of thiophene rings is 1. The fourth-order valence-corrected chi connectivity index (χ4v) is 4.09. The third-order valence-electron chi connectivity index (χ3n) is 4.67. The summed E-state index contributed by atoms with van der Waals surface area (Å²) in [5.41, 5.74) is 3.46. The molecule has 116 valence electrons. The van der Waals surface area contributed by atoms with Gasteiger partial charge in [-0.2, -0.15) is 11.3 Å². The van der Waals surface area contributed by atoms with Crippen molar-refractivity contribution < 1.29 is 4.79 Å².